The van der Waals surface area contributed by atoms with Crippen molar-refractivity contribution in [3.05, 3.63) is 30.0 Å². The summed E-state index contributed by atoms with van der Waals surface area (Å²) in [6, 6.07) is 5.50. The minimum atomic E-state index is -0.100. The third-order valence-corrected chi connectivity index (χ3v) is 2.88. The number of carbonyl (C=O) groups excluding carboxylic acids is 1. The van der Waals surface area contributed by atoms with Gasteiger partial charge in [0.2, 0.25) is 0 Å². The molecule has 5 nitrogen and oxygen atoms in total. The van der Waals surface area contributed by atoms with Crippen molar-refractivity contribution in [3.63, 3.8) is 0 Å². The number of benzene rings is 1. The van der Waals surface area contributed by atoms with Crippen molar-refractivity contribution in [2.45, 2.75) is 25.8 Å². The van der Waals surface area contributed by atoms with Gasteiger partial charge in [-0.15, -0.1) is 0 Å². The van der Waals surface area contributed by atoms with Gasteiger partial charge in [0.1, 0.15) is 0 Å². The number of carbonyl (C=O) groups is 1. The number of aliphatic hydroxyl groups is 1. The van der Waals surface area contributed by atoms with Crippen LogP contribution in [0.4, 0.5) is 0 Å². The zero-order valence-corrected chi connectivity index (χ0v) is 10.3. The molecule has 0 saturated carbocycles. The Morgan fingerprint density at radius 3 is 3.17 bits per heavy atom. The van der Waals surface area contributed by atoms with Gasteiger partial charge in [0.25, 0.3) is 5.91 Å². The molecule has 1 amide bonds. The first kappa shape index (κ1) is 12.6. The maximum atomic E-state index is 12.0. The van der Waals surface area contributed by atoms with Crippen molar-refractivity contribution in [1.29, 1.82) is 0 Å². The highest BCUT2D eigenvalue weighted by Gasteiger charge is 2.10. The summed E-state index contributed by atoms with van der Waals surface area (Å²) in [5.74, 6) is -0.100. The van der Waals surface area contributed by atoms with Crippen LogP contribution in [0.1, 0.15) is 30.1 Å². The molecule has 0 aliphatic carbocycles. The van der Waals surface area contributed by atoms with Gasteiger partial charge in [0.15, 0.2) is 0 Å². The van der Waals surface area contributed by atoms with Gasteiger partial charge >= 0.3 is 0 Å². The molecule has 2 aromatic rings. The molecule has 0 aliphatic rings. The predicted octanol–water partition coefficient (Wildman–Crippen LogP) is 1.45. The van der Waals surface area contributed by atoms with E-state index in [-0.39, 0.29) is 18.6 Å². The molecule has 0 bridgehead atoms. The van der Waals surface area contributed by atoms with E-state index in [9.17, 15) is 4.79 Å². The summed E-state index contributed by atoms with van der Waals surface area (Å²) in [5.41, 5.74) is 1.47. The number of hydrogen-bond donors (Lipinski definition) is 3. The third kappa shape index (κ3) is 2.87. The van der Waals surface area contributed by atoms with Gasteiger partial charge in [-0.25, -0.2) is 0 Å². The van der Waals surface area contributed by atoms with Crippen LogP contribution >= 0.6 is 0 Å². The molecule has 5 heteroatoms. The van der Waals surface area contributed by atoms with E-state index in [1.807, 2.05) is 13.0 Å². The highest BCUT2D eigenvalue weighted by atomic mass is 16.2. The Morgan fingerprint density at radius 2 is 2.39 bits per heavy atom. The van der Waals surface area contributed by atoms with Crippen LogP contribution in [0, 0.1) is 0 Å². The van der Waals surface area contributed by atoms with E-state index in [0.717, 1.165) is 17.3 Å². The smallest absolute Gasteiger partial charge is 0.251 e. The third-order valence-electron chi connectivity index (χ3n) is 2.88. The first-order valence-electron chi connectivity index (χ1n) is 6.05. The van der Waals surface area contributed by atoms with Crippen LogP contribution < -0.4 is 5.32 Å². The van der Waals surface area contributed by atoms with E-state index < -0.39 is 0 Å². The zero-order chi connectivity index (χ0) is 13.0. The van der Waals surface area contributed by atoms with Gasteiger partial charge in [-0.3, -0.25) is 9.89 Å². The molecule has 1 unspecified atom stereocenters. The number of hydrogen-bond acceptors (Lipinski definition) is 3. The van der Waals surface area contributed by atoms with Gasteiger partial charge < -0.3 is 10.4 Å². The molecule has 0 radical (unpaired) electrons. The molecule has 0 spiro atoms. The summed E-state index contributed by atoms with van der Waals surface area (Å²) < 4.78 is 0. The Kier molecular flexibility index (Phi) is 3.94. The van der Waals surface area contributed by atoms with Crippen LogP contribution in [-0.2, 0) is 0 Å². The summed E-state index contributed by atoms with van der Waals surface area (Å²) in [6.45, 7) is 2.09. The number of aliphatic hydroxyl groups excluding tert-OH is 1. The molecular weight excluding hydrogens is 230 g/mol. The topological polar surface area (TPSA) is 78.0 Å². The lowest BCUT2D eigenvalue weighted by Gasteiger charge is -2.13. The number of aromatic nitrogens is 2. The van der Waals surface area contributed by atoms with Gasteiger partial charge in [0.05, 0.1) is 11.7 Å². The lowest BCUT2D eigenvalue weighted by Crippen LogP contribution is -2.32. The van der Waals surface area contributed by atoms with E-state index in [0.29, 0.717) is 12.0 Å². The van der Waals surface area contributed by atoms with E-state index in [1.165, 1.54) is 0 Å². The van der Waals surface area contributed by atoms with Crippen LogP contribution in [0.5, 0.6) is 0 Å². The molecule has 2 rings (SSSR count). The minimum Gasteiger partial charge on any atom is -0.396 e. The van der Waals surface area contributed by atoms with Gasteiger partial charge in [-0.1, -0.05) is 6.07 Å². The molecule has 1 heterocycles. The van der Waals surface area contributed by atoms with Gasteiger partial charge in [-0.05, 0) is 31.9 Å². The van der Waals surface area contributed by atoms with Crippen molar-refractivity contribution in [2.75, 3.05) is 6.61 Å². The maximum Gasteiger partial charge on any atom is 0.251 e. The van der Waals surface area contributed by atoms with Crippen molar-refractivity contribution in [2.24, 2.45) is 0 Å². The van der Waals surface area contributed by atoms with Crippen LogP contribution in [0.25, 0.3) is 10.9 Å². The number of nitrogens with zero attached hydrogens (tertiary/aromatic N) is 1. The van der Waals surface area contributed by atoms with E-state index in [4.69, 9.17) is 5.11 Å². The Hall–Kier alpha value is -1.88. The average Bonchev–Trinajstić information content (AvgIpc) is 2.83. The molecule has 0 aliphatic heterocycles. The molecule has 1 aromatic carbocycles. The number of nitrogens with one attached hydrogen (secondary N) is 2. The Labute approximate surface area is 105 Å². The zero-order valence-electron chi connectivity index (χ0n) is 10.3. The Bertz CT molecular complexity index is 536. The number of aromatic amines is 1. The Morgan fingerprint density at radius 1 is 1.56 bits per heavy atom. The van der Waals surface area contributed by atoms with E-state index in [2.05, 4.69) is 15.5 Å². The lowest BCUT2D eigenvalue weighted by atomic mass is 10.1. The second kappa shape index (κ2) is 5.64. The quantitative estimate of drug-likeness (QED) is 0.748. The second-order valence-electron chi connectivity index (χ2n) is 4.41. The second-order valence-corrected chi connectivity index (χ2v) is 4.41. The summed E-state index contributed by atoms with van der Waals surface area (Å²) in [7, 11) is 0. The number of fused-ring (bicyclic) bond motifs is 1. The van der Waals surface area contributed by atoms with Crippen molar-refractivity contribution >= 4 is 16.8 Å². The molecule has 96 valence electrons. The molecular formula is C13H17N3O2. The summed E-state index contributed by atoms with van der Waals surface area (Å²) >= 11 is 0. The first-order chi connectivity index (χ1) is 8.70. The number of amides is 1. The maximum absolute atomic E-state index is 12.0. The van der Waals surface area contributed by atoms with Crippen LogP contribution in [-0.4, -0.2) is 33.9 Å². The minimum absolute atomic E-state index is 0.0575. The molecule has 1 aromatic heterocycles. The summed E-state index contributed by atoms with van der Waals surface area (Å²) in [4.78, 5) is 12.0. The standard InChI is InChI=1S/C13H17N3O2/c1-9(3-2-6-17)15-13(18)10-4-5-11-8-14-16-12(11)7-10/h4-5,7-9,17H,2-3,6H2,1H3,(H,14,16)(H,15,18). The normalized spacial score (nSPS) is 12.6. The first-order valence-corrected chi connectivity index (χ1v) is 6.05. The molecule has 3 N–H and O–H groups in total. The molecule has 0 fully saturated rings. The predicted molar refractivity (Wildman–Crippen MR) is 69.3 cm³/mol. The fourth-order valence-electron chi connectivity index (χ4n) is 1.86. The largest absolute Gasteiger partial charge is 0.396 e. The SMILES string of the molecule is CC(CCCO)NC(=O)c1ccc2cn[nH]c2c1. The monoisotopic (exact) mass is 247 g/mol. The van der Waals surface area contributed by atoms with Crippen LogP contribution in [0.15, 0.2) is 24.4 Å². The number of H-pyrrole nitrogens is 1. The lowest BCUT2D eigenvalue weighted by molar-refractivity contribution is 0.0936. The van der Waals surface area contributed by atoms with Gasteiger partial charge in [0, 0.05) is 23.6 Å². The van der Waals surface area contributed by atoms with E-state index in [1.54, 1.807) is 18.3 Å². The van der Waals surface area contributed by atoms with E-state index >= 15 is 0 Å². The van der Waals surface area contributed by atoms with Crippen molar-refractivity contribution in [1.82, 2.24) is 15.5 Å². The highest BCUT2D eigenvalue weighted by molar-refractivity contribution is 5.97. The molecule has 0 saturated heterocycles. The van der Waals surface area contributed by atoms with Crippen molar-refractivity contribution < 1.29 is 9.90 Å². The van der Waals surface area contributed by atoms with Gasteiger partial charge in [-0.2, -0.15) is 5.10 Å². The van der Waals surface area contributed by atoms with Crippen LogP contribution in [0.3, 0.4) is 0 Å². The summed E-state index contributed by atoms with van der Waals surface area (Å²) in [5, 5.41) is 19.4. The van der Waals surface area contributed by atoms with Crippen LogP contribution in [0.2, 0.25) is 0 Å². The fourth-order valence-corrected chi connectivity index (χ4v) is 1.86. The average molecular weight is 247 g/mol. The fraction of sp³-hybridized carbons (Fsp3) is 0.385. The highest BCUT2D eigenvalue weighted by Crippen LogP contribution is 2.13. The Balaban J connectivity index is 2.03. The van der Waals surface area contributed by atoms with Crippen molar-refractivity contribution in [3.8, 4) is 0 Å². The molecule has 18 heavy (non-hydrogen) atoms. The number of rotatable bonds is 5. The molecule has 1 atom stereocenters. The summed E-state index contributed by atoms with van der Waals surface area (Å²) in [6.07, 6.45) is 3.19.